The second-order valence-corrected chi connectivity index (χ2v) is 8.41. The zero-order valence-electron chi connectivity index (χ0n) is 18.1. The predicted octanol–water partition coefficient (Wildman–Crippen LogP) is 4.17. The van der Waals surface area contributed by atoms with E-state index in [-0.39, 0.29) is 17.7 Å². The zero-order chi connectivity index (χ0) is 22.3. The van der Waals surface area contributed by atoms with Gasteiger partial charge in [0.15, 0.2) is 11.6 Å². The van der Waals surface area contributed by atoms with E-state index < -0.39 is 5.82 Å². The number of benzene rings is 1. The number of ether oxygens (including phenoxy) is 1. The molecule has 1 aromatic carbocycles. The average Bonchev–Trinajstić information content (AvgIpc) is 2.84. The van der Waals surface area contributed by atoms with Crippen LogP contribution in [0.15, 0.2) is 42.7 Å². The topological polar surface area (TPSA) is 74.8 Å². The Labute approximate surface area is 187 Å². The number of rotatable bonds is 5. The minimum Gasteiger partial charge on any atom is -0.490 e. The van der Waals surface area contributed by atoms with Gasteiger partial charge in [0, 0.05) is 37.9 Å². The first-order valence-corrected chi connectivity index (χ1v) is 11.3. The molecule has 170 valence electrons. The number of carbonyl (C=O) groups excluding carboxylic acids is 2. The van der Waals surface area contributed by atoms with Gasteiger partial charge in [-0.3, -0.25) is 9.78 Å². The summed E-state index contributed by atoms with van der Waals surface area (Å²) in [5.41, 5.74) is 1.03. The number of amides is 3. The Hall–Kier alpha value is -3.16. The van der Waals surface area contributed by atoms with Crippen LogP contribution in [0.2, 0.25) is 0 Å². The van der Waals surface area contributed by atoms with Crippen LogP contribution in [0, 0.1) is 11.7 Å². The van der Waals surface area contributed by atoms with Gasteiger partial charge < -0.3 is 19.9 Å². The number of urea groups is 1. The lowest BCUT2D eigenvalue weighted by atomic mass is 9.90. The number of piperazine rings is 1. The molecule has 1 aromatic heterocycles. The molecular weight excluding hydrogens is 411 g/mol. The Bertz CT molecular complexity index is 926. The molecule has 3 amide bonds. The lowest BCUT2D eigenvalue weighted by Crippen LogP contribution is -2.51. The number of nitrogens with one attached hydrogen (secondary N) is 1. The molecule has 2 heterocycles. The summed E-state index contributed by atoms with van der Waals surface area (Å²) in [7, 11) is 0. The van der Waals surface area contributed by atoms with Gasteiger partial charge in [0.05, 0.1) is 18.5 Å². The number of hydrogen-bond acceptors (Lipinski definition) is 4. The number of carbonyl (C=O) groups is 2. The summed E-state index contributed by atoms with van der Waals surface area (Å²) in [6, 6.07) is 7.59. The van der Waals surface area contributed by atoms with Crippen LogP contribution in [0.5, 0.6) is 5.75 Å². The van der Waals surface area contributed by atoms with E-state index in [0.717, 1.165) is 12.8 Å². The van der Waals surface area contributed by atoms with E-state index in [0.29, 0.717) is 50.0 Å². The van der Waals surface area contributed by atoms with Crippen LogP contribution in [-0.2, 0) is 0 Å². The molecule has 32 heavy (non-hydrogen) atoms. The molecule has 8 heteroatoms. The molecule has 4 rings (SSSR count). The summed E-state index contributed by atoms with van der Waals surface area (Å²) in [6.07, 6.45) is 9.09. The van der Waals surface area contributed by atoms with Gasteiger partial charge >= 0.3 is 6.03 Å². The molecule has 7 nitrogen and oxygen atoms in total. The molecule has 1 aliphatic heterocycles. The summed E-state index contributed by atoms with van der Waals surface area (Å²) < 4.78 is 20.0. The third-order valence-electron chi connectivity index (χ3n) is 6.14. The third kappa shape index (κ3) is 5.55. The average molecular weight is 441 g/mol. The molecule has 0 unspecified atom stereocenters. The maximum atomic E-state index is 14.2. The molecule has 2 fully saturated rings. The molecule has 1 saturated carbocycles. The monoisotopic (exact) mass is 440 g/mol. The van der Waals surface area contributed by atoms with Crippen molar-refractivity contribution in [3.8, 4) is 5.75 Å². The summed E-state index contributed by atoms with van der Waals surface area (Å²) in [6.45, 7) is 2.15. The van der Waals surface area contributed by atoms with Gasteiger partial charge in [0.2, 0.25) is 0 Å². The highest BCUT2D eigenvalue weighted by atomic mass is 19.1. The number of halogens is 1. The van der Waals surface area contributed by atoms with Crippen LogP contribution in [0.25, 0.3) is 0 Å². The molecule has 0 radical (unpaired) electrons. The summed E-state index contributed by atoms with van der Waals surface area (Å²) in [4.78, 5) is 32.7. The van der Waals surface area contributed by atoms with E-state index in [1.807, 2.05) is 0 Å². The van der Waals surface area contributed by atoms with Gasteiger partial charge in [-0.15, -0.1) is 0 Å². The Morgan fingerprint density at radius 3 is 2.53 bits per heavy atom. The van der Waals surface area contributed by atoms with Gasteiger partial charge in [0.1, 0.15) is 0 Å². The van der Waals surface area contributed by atoms with Gasteiger partial charge in [-0.1, -0.05) is 19.3 Å². The SMILES string of the molecule is O=C(Nc1cccnc1)N1CCN(C(=O)c2ccc(F)c(OCC3CCCCC3)c2)CC1. The maximum Gasteiger partial charge on any atom is 0.322 e. The van der Waals surface area contributed by atoms with Crippen molar-refractivity contribution >= 4 is 17.6 Å². The molecule has 2 aromatic rings. The van der Waals surface area contributed by atoms with E-state index in [2.05, 4.69) is 10.3 Å². The Balaban J connectivity index is 1.31. The zero-order valence-corrected chi connectivity index (χ0v) is 18.1. The smallest absolute Gasteiger partial charge is 0.322 e. The minimum absolute atomic E-state index is 0.135. The fourth-order valence-corrected chi connectivity index (χ4v) is 4.24. The second-order valence-electron chi connectivity index (χ2n) is 8.41. The first-order chi connectivity index (χ1) is 15.6. The van der Waals surface area contributed by atoms with Crippen LogP contribution in [0.1, 0.15) is 42.5 Å². The van der Waals surface area contributed by atoms with Crippen LogP contribution >= 0.6 is 0 Å². The maximum absolute atomic E-state index is 14.2. The Morgan fingerprint density at radius 1 is 1.06 bits per heavy atom. The highest BCUT2D eigenvalue weighted by molar-refractivity contribution is 5.95. The number of aromatic nitrogens is 1. The Kier molecular flexibility index (Phi) is 7.19. The minimum atomic E-state index is -0.450. The largest absolute Gasteiger partial charge is 0.490 e. The van der Waals surface area contributed by atoms with E-state index in [1.165, 1.54) is 37.5 Å². The van der Waals surface area contributed by atoms with Crippen LogP contribution in [0.3, 0.4) is 0 Å². The van der Waals surface area contributed by atoms with Crippen molar-refractivity contribution in [2.45, 2.75) is 32.1 Å². The Morgan fingerprint density at radius 2 is 1.81 bits per heavy atom. The molecular formula is C24H29FN4O3. The molecule has 1 aliphatic carbocycles. The molecule has 0 spiro atoms. The molecule has 0 atom stereocenters. The molecule has 1 N–H and O–H groups in total. The lowest BCUT2D eigenvalue weighted by Gasteiger charge is -2.34. The highest BCUT2D eigenvalue weighted by Gasteiger charge is 2.26. The fourth-order valence-electron chi connectivity index (χ4n) is 4.24. The summed E-state index contributed by atoms with van der Waals surface area (Å²) in [5.74, 6) is -0.0432. The number of anilines is 1. The normalized spacial score (nSPS) is 17.2. The van der Waals surface area contributed by atoms with E-state index >= 15 is 0 Å². The van der Waals surface area contributed by atoms with Crippen LogP contribution in [-0.4, -0.2) is 59.5 Å². The summed E-state index contributed by atoms with van der Waals surface area (Å²) >= 11 is 0. The van der Waals surface area contributed by atoms with Crippen molar-refractivity contribution in [3.63, 3.8) is 0 Å². The molecule has 2 aliphatic rings. The van der Waals surface area contributed by atoms with Crippen molar-refractivity contribution in [1.29, 1.82) is 0 Å². The summed E-state index contributed by atoms with van der Waals surface area (Å²) in [5, 5.41) is 2.80. The van der Waals surface area contributed by atoms with Crippen molar-refractivity contribution in [2.24, 2.45) is 5.92 Å². The van der Waals surface area contributed by atoms with Gasteiger partial charge in [-0.2, -0.15) is 0 Å². The standard InChI is InChI=1S/C24H29FN4O3/c25-21-9-8-19(15-22(21)32-17-18-5-2-1-3-6-18)23(30)28-11-13-29(14-12-28)24(31)27-20-7-4-10-26-16-20/h4,7-10,15-16,18H,1-3,5-6,11-14,17H2,(H,27,31). The first kappa shape index (κ1) is 22.0. The fraction of sp³-hybridized carbons (Fsp3) is 0.458. The number of hydrogen-bond donors (Lipinski definition) is 1. The third-order valence-corrected chi connectivity index (χ3v) is 6.14. The highest BCUT2D eigenvalue weighted by Crippen LogP contribution is 2.26. The first-order valence-electron chi connectivity index (χ1n) is 11.3. The molecule has 0 bridgehead atoms. The van der Waals surface area contributed by atoms with Gasteiger partial charge in [-0.25, -0.2) is 9.18 Å². The second kappa shape index (κ2) is 10.4. The van der Waals surface area contributed by atoms with Crippen molar-refractivity contribution < 1.29 is 18.7 Å². The predicted molar refractivity (Wildman–Crippen MR) is 119 cm³/mol. The van der Waals surface area contributed by atoms with Gasteiger partial charge in [-0.05, 0) is 49.1 Å². The van der Waals surface area contributed by atoms with Crippen molar-refractivity contribution in [2.75, 3.05) is 38.1 Å². The van der Waals surface area contributed by atoms with Crippen molar-refractivity contribution in [1.82, 2.24) is 14.8 Å². The van der Waals surface area contributed by atoms with Crippen LogP contribution in [0.4, 0.5) is 14.9 Å². The van der Waals surface area contributed by atoms with Crippen molar-refractivity contribution in [3.05, 3.63) is 54.1 Å². The number of nitrogens with zero attached hydrogens (tertiary/aromatic N) is 3. The van der Waals surface area contributed by atoms with E-state index in [1.54, 1.807) is 34.3 Å². The van der Waals surface area contributed by atoms with Gasteiger partial charge in [0.25, 0.3) is 5.91 Å². The van der Waals surface area contributed by atoms with E-state index in [9.17, 15) is 14.0 Å². The lowest BCUT2D eigenvalue weighted by molar-refractivity contribution is 0.0671. The van der Waals surface area contributed by atoms with Crippen LogP contribution < -0.4 is 10.1 Å². The quantitative estimate of drug-likeness (QED) is 0.757. The van der Waals surface area contributed by atoms with E-state index in [4.69, 9.17) is 4.74 Å². The number of pyridine rings is 1. The molecule has 1 saturated heterocycles.